The van der Waals surface area contributed by atoms with E-state index in [1.165, 1.54) is 0 Å². The topological polar surface area (TPSA) is 67.4 Å². The van der Waals surface area contributed by atoms with Crippen LogP contribution in [-0.2, 0) is 4.79 Å². The number of benzene rings is 2. The Hall–Kier alpha value is -2.53. The van der Waals surface area contributed by atoms with E-state index in [4.69, 9.17) is 16.3 Å². The molecule has 0 aliphatic rings. The molecule has 2 amide bonds. The van der Waals surface area contributed by atoms with Crippen molar-refractivity contribution in [2.24, 2.45) is 0 Å². The molecule has 0 radical (unpaired) electrons. The van der Waals surface area contributed by atoms with Gasteiger partial charge >= 0.3 is 0 Å². The zero-order chi connectivity index (χ0) is 17.7. The van der Waals surface area contributed by atoms with Gasteiger partial charge in [0, 0.05) is 23.3 Å². The summed E-state index contributed by atoms with van der Waals surface area (Å²) in [5, 5.41) is 5.95. The second-order valence-corrected chi connectivity index (χ2v) is 5.74. The Labute approximate surface area is 146 Å². The molecule has 2 rings (SSSR count). The van der Waals surface area contributed by atoms with E-state index in [0.717, 1.165) is 11.1 Å². The summed E-state index contributed by atoms with van der Waals surface area (Å²) in [6, 6.07) is 10.2. The van der Waals surface area contributed by atoms with Crippen molar-refractivity contribution >= 4 is 29.1 Å². The third-order valence-corrected chi connectivity index (χ3v) is 4.03. The second kappa shape index (κ2) is 7.84. The van der Waals surface area contributed by atoms with Crippen LogP contribution in [0, 0.1) is 13.8 Å². The van der Waals surface area contributed by atoms with Crippen LogP contribution in [0.5, 0.6) is 5.75 Å². The van der Waals surface area contributed by atoms with Crippen LogP contribution in [0.4, 0.5) is 5.69 Å². The van der Waals surface area contributed by atoms with Crippen LogP contribution in [0.15, 0.2) is 36.4 Å². The molecular weight excluding hydrogens is 328 g/mol. The number of hydrogen-bond acceptors (Lipinski definition) is 3. The number of carbonyl (C=O) groups excluding carboxylic acids is 2. The van der Waals surface area contributed by atoms with Gasteiger partial charge in [0.1, 0.15) is 5.75 Å². The molecule has 0 saturated heterocycles. The van der Waals surface area contributed by atoms with Crippen LogP contribution in [0.3, 0.4) is 0 Å². The van der Waals surface area contributed by atoms with Gasteiger partial charge < -0.3 is 15.4 Å². The Morgan fingerprint density at radius 3 is 2.21 bits per heavy atom. The van der Waals surface area contributed by atoms with Gasteiger partial charge in [0.15, 0.2) is 6.61 Å². The minimum absolute atomic E-state index is 0.113. The molecule has 0 aromatic heterocycles. The summed E-state index contributed by atoms with van der Waals surface area (Å²) in [5.74, 6) is 0.136. The van der Waals surface area contributed by atoms with Crippen molar-refractivity contribution in [3.63, 3.8) is 0 Å². The molecule has 2 aromatic rings. The Balaban J connectivity index is 1.93. The number of hydrogen-bond donors (Lipinski definition) is 2. The van der Waals surface area contributed by atoms with Gasteiger partial charge in [0.2, 0.25) is 0 Å². The third-order valence-electron chi connectivity index (χ3n) is 3.44. The molecule has 0 fully saturated rings. The maximum Gasteiger partial charge on any atom is 0.262 e. The van der Waals surface area contributed by atoms with Gasteiger partial charge in [-0.15, -0.1) is 0 Å². The molecule has 5 nitrogen and oxygen atoms in total. The summed E-state index contributed by atoms with van der Waals surface area (Å²) in [6.07, 6.45) is 0. The number of carbonyl (C=O) groups is 2. The molecule has 2 aromatic carbocycles. The predicted molar refractivity (Wildman–Crippen MR) is 94.9 cm³/mol. The van der Waals surface area contributed by atoms with Gasteiger partial charge in [-0.2, -0.15) is 0 Å². The van der Waals surface area contributed by atoms with E-state index in [9.17, 15) is 9.59 Å². The first-order valence-corrected chi connectivity index (χ1v) is 7.80. The maximum absolute atomic E-state index is 12.0. The molecule has 0 unspecified atom stereocenters. The highest BCUT2D eigenvalue weighted by atomic mass is 35.5. The van der Waals surface area contributed by atoms with E-state index in [1.807, 2.05) is 13.8 Å². The lowest BCUT2D eigenvalue weighted by Crippen LogP contribution is -2.20. The molecule has 0 aliphatic heterocycles. The van der Waals surface area contributed by atoms with Crippen LogP contribution in [-0.4, -0.2) is 25.5 Å². The van der Waals surface area contributed by atoms with Crippen LogP contribution in [0.25, 0.3) is 0 Å². The smallest absolute Gasteiger partial charge is 0.262 e. The third kappa shape index (κ3) is 4.49. The van der Waals surface area contributed by atoms with Crippen molar-refractivity contribution in [2.45, 2.75) is 13.8 Å². The van der Waals surface area contributed by atoms with E-state index >= 15 is 0 Å². The van der Waals surface area contributed by atoms with E-state index in [-0.39, 0.29) is 18.4 Å². The molecular formula is C18H19ClN2O3. The molecule has 24 heavy (non-hydrogen) atoms. The summed E-state index contributed by atoms with van der Waals surface area (Å²) in [5.41, 5.74) is 2.92. The Bertz CT molecular complexity index is 734. The largest absolute Gasteiger partial charge is 0.484 e. The fourth-order valence-corrected chi connectivity index (χ4v) is 2.29. The average Bonchev–Trinajstić information content (AvgIpc) is 2.57. The molecule has 6 heteroatoms. The summed E-state index contributed by atoms with van der Waals surface area (Å²) in [6.45, 7) is 3.66. The molecule has 2 N–H and O–H groups in total. The standard InChI is InChI=1S/C18H19ClN2O3/c1-11-8-15(9-12(2)17(11)19)24-10-16(22)21-14-6-4-13(5-7-14)18(23)20-3/h4-9H,10H2,1-3H3,(H,20,23)(H,21,22). The summed E-state index contributed by atoms with van der Waals surface area (Å²) in [7, 11) is 1.57. The number of halogens is 1. The highest BCUT2D eigenvalue weighted by molar-refractivity contribution is 6.32. The van der Waals surface area contributed by atoms with Crippen molar-refractivity contribution < 1.29 is 14.3 Å². The van der Waals surface area contributed by atoms with E-state index < -0.39 is 0 Å². The van der Waals surface area contributed by atoms with Crippen molar-refractivity contribution in [3.8, 4) is 5.75 Å². The van der Waals surface area contributed by atoms with Crippen LogP contribution in [0.2, 0.25) is 5.02 Å². The summed E-state index contributed by atoms with van der Waals surface area (Å²) >= 11 is 6.10. The van der Waals surface area contributed by atoms with E-state index in [1.54, 1.807) is 43.4 Å². The van der Waals surface area contributed by atoms with Crippen LogP contribution >= 0.6 is 11.6 Å². The number of aryl methyl sites for hydroxylation is 2. The van der Waals surface area contributed by atoms with Crippen molar-refractivity contribution in [2.75, 3.05) is 19.0 Å². The molecule has 0 aliphatic carbocycles. The number of ether oxygens (including phenoxy) is 1. The predicted octanol–water partition coefficient (Wildman–Crippen LogP) is 3.33. The number of nitrogens with one attached hydrogen (secondary N) is 2. The van der Waals surface area contributed by atoms with Crippen molar-refractivity contribution in [1.82, 2.24) is 5.32 Å². The number of amides is 2. The highest BCUT2D eigenvalue weighted by Crippen LogP contribution is 2.25. The minimum atomic E-state index is -0.284. The zero-order valence-corrected chi connectivity index (χ0v) is 14.5. The lowest BCUT2D eigenvalue weighted by molar-refractivity contribution is -0.118. The maximum atomic E-state index is 12.0. The first-order valence-electron chi connectivity index (χ1n) is 7.42. The van der Waals surface area contributed by atoms with E-state index in [0.29, 0.717) is 22.0 Å². The van der Waals surface area contributed by atoms with Crippen LogP contribution < -0.4 is 15.4 Å². The zero-order valence-electron chi connectivity index (χ0n) is 13.8. The van der Waals surface area contributed by atoms with E-state index in [2.05, 4.69) is 10.6 Å². The summed E-state index contributed by atoms with van der Waals surface area (Å²) in [4.78, 5) is 23.4. The second-order valence-electron chi connectivity index (χ2n) is 5.36. The highest BCUT2D eigenvalue weighted by Gasteiger charge is 2.08. The number of rotatable bonds is 5. The molecule has 0 heterocycles. The van der Waals surface area contributed by atoms with Gasteiger partial charge in [0.05, 0.1) is 0 Å². The minimum Gasteiger partial charge on any atom is -0.484 e. The summed E-state index contributed by atoms with van der Waals surface area (Å²) < 4.78 is 5.50. The molecule has 0 atom stereocenters. The molecule has 0 bridgehead atoms. The Kier molecular flexibility index (Phi) is 5.82. The SMILES string of the molecule is CNC(=O)c1ccc(NC(=O)COc2cc(C)c(Cl)c(C)c2)cc1. The lowest BCUT2D eigenvalue weighted by atomic mass is 10.1. The van der Waals surface area contributed by atoms with Gasteiger partial charge in [0.25, 0.3) is 11.8 Å². The normalized spacial score (nSPS) is 10.2. The first-order chi connectivity index (χ1) is 11.4. The van der Waals surface area contributed by atoms with Gasteiger partial charge in [-0.05, 0) is 61.4 Å². The van der Waals surface area contributed by atoms with Crippen molar-refractivity contribution in [1.29, 1.82) is 0 Å². The quantitative estimate of drug-likeness (QED) is 0.872. The monoisotopic (exact) mass is 346 g/mol. The van der Waals surface area contributed by atoms with Gasteiger partial charge in [-0.1, -0.05) is 11.6 Å². The Morgan fingerprint density at radius 1 is 1.08 bits per heavy atom. The average molecular weight is 347 g/mol. The van der Waals surface area contributed by atoms with Crippen LogP contribution in [0.1, 0.15) is 21.5 Å². The van der Waals surface area contributed by atoms with Gasteiger partial charge in [-0.25, -0.2) is 0 Å². The fourth-order valence-electron chi connectivity index (χ4n) is 2.18. The van der Waals surface area contributed by atoms with Crippen molar-refractivity contribution in [3.05, 3.63) is 58.1 Å². The molecule has 0 saturated carbocycles. The fraction of sp³-hybridized carbons (Fsp3) is 0.222. The lowest BCUT2D eigenvalue weighted by Gasteiger charge is -2.10. The number of anilines is 1. The first kappa shape index (κ1) is 17.8. The molecule has 126 valence electrons. The molecule has 0 spiro atoms. The Morgan fingerprint density at radius 2 is 1.67 bits per heavy atom. The van der Waals surface area contributed by atoms with Gasteiger partial charge in [-0.3, -0.25) is 9.59 Å².